The highest BCUT2D eigenvalue weighted by Gasteiger charge is 2.26. The Balaban J connectivity index is 1.53. The van der Waals surface area contributed by atoms with Crippen LogP contribution in [0.3, 0.4) is 0 Å². The number of anilines is 2. The molecule has 2 aromatic rings. The minimum absolute atomic E-state index is 0.0760. The number of hydrogen-bond donors (Lipinski definition) is 1. The molecule has 6 heteroatoms. The number of aromatic nitrogens is 1. The third-order valence-electron chi connectivity index (χ3n) is 4.33. The minimum Gasteiger partial charge on any atom is -0.354 e. The number of nitrogens with zero attached hydrogens (tertiary/aromatic N) is 3. The smallest absolute Gasteiger partial charge is 0.241 e. The molecular formula is C18H21FN4O. The molecule has 1 aliphatic heterocycles. The lowest BCUT2D eigenvalue weighted by molar-refractivity contribution is -0.120. The van der Waals surface area contributed by atoms with Crippen LogP contribution in [0.2, 0.25) is 0 Å². The van der Waals surface area contributed by atoms with Gasteiger partial charge in [0, 0.05) is 38.1 Å². The Hall–Kier alpha value is -2.47. The summed E-state index contributed by atoms with van der Waals surface area (Å²) in [4.78, 5) is 21.1. The Kier molecular flexibility index (Phi) is 5.05. The third kappa shape index (κ3) is 3.89. The van der Waals surface area contributed by atoms with Gasteiger partial charge in [0.25, 0.3) is 0 Å². The van der Waals surface area contributed by atoms with Gasteiger partial charge in [-0.05, 0) is 43.3 Å². The Morgan fingerprint density at radius 2 is 1.83 bits per heavy atom. The molecular weight excluding hydrogens is 307 g/mol. The quantitative estimate of drug-likeness (QED) is 0.936. The Labute approximate surface area is 141 Å². The lowest BCUT2D eigenvalue weighted by atomic mass is 10.2. The van der Waals surface area contributed by atoms with Crippen molar-refractivity contribution in [3.05, 3.63) is 54.5 Å². The van der Waals surface area contributed by atoms with Crippen LogP contribution in [-0.4, -0.2) is 48.0 Å². The summed E-state index contributed by atoms with van der Waals surface area (Å²) in [7, 11) is 0. The summed E-state index contributed by atoms with van der Waals surface area (Å²) >= 11 is 0. The predicted molar refractivity (Wildman–Crippen MR) is 92.5 cm³/mol. The van der Waals surface area contributed by atoms with Crippen LogP contribution in [0.25, 0.3) is 0 Å². The van der Waals surface area contributed by atoms with Crippen LogP contribution in [0.1, 0.15) is 6.92 Å². The topological polar surface area (TPSA) is 48.5 Å². The van der Waals surface area contributed by atoms with E-state index in [2.05, 4.69) is 20.1 Å². The van der Waals surface area contributed by atoms with Crippen LogP contribution in [-0.2, 0) is 4.79 Å². The number of carbonyl (C=O) groups excluding carboxylic acids is 1. The highest BCUT2D eigenvalue weighted by Crippen LogP contribution is 2.15. The maximum absolute atomic E-state index is 12.9. The van der Waals surface area contributed by atoms with Crippen LogP contribution in [0.5, 0.6) is 0 Å². The van der Waals surface area contributed by atoms with Gasteiger partial charge < -0.3 is 10.2 Å². The molecule has 126 valence electrons. The lowest BCUT2D eigenvalue weighted by Crippen LogP contribution is -2.53. The Morgan fingerprint density at radius 1 is 1.12 bits per heavy atom. The molecule has 24 heavy (non-hydrogen) atoms. The average Bonchev–Trinajstić information content (AvgIpc) is 2.64. The number of benzene rings is 1. The molecule has 1 saturated heterocycles. The lowest BCUT2D eigenvalue weighted by Gasteiger charge is -2.37. The zero-order valence-electron chi connectivity index (χ0n) is 13.7. The Bertz CT molecular complexity index is 669. The van der Waals surface area contributed by atoms with Crippen molar-refractivity contribution in [2.24, 2.45) is 0 Å². The maximum Gasteiger partial charge on any atom is 0.241 e. The van der Waals surface area contributed by atoms with Crippen molar-refractivity contribution in [1.82, 2.24) is 9.88 Å². The molecule has 0 saturated carbocycles. The highest BCUT2D eigenvalue weighted by atomic mass is 19.1. The SMILES string of the molecule is CC(C(=O)Nc1ccc(F)cc1)N1CCN(c2ccccn2)CC1. The normalized spacial score (nSPS) is 16.7. The fourth-order valence-electron chi connectivity index (χ4n) is 2.82. The zero-order valence-corrected chi connectivity index (χ0v) is 13.7. The van der Waals surface area contributed by atoms with E-state index >= 15 is 0 Å². The van der Waals surface area contributed by atoms with E-state index < -0.39 is 0 Å². The van der Waals surface area contributed by atoms with Crippen LogP contribution in [0.4, 0.5) is 15.9 Å². The number of piperazine rings is 1. The highest BCUT2D eigenvalue weighted by molar-refractivity contribution is 5.94. The summed E-state index contributed by atoms with van der Waals surface area (Å²) in [6, 6.07) is 11.5. The molecule has 1 aromatic carbocycles. The van der Waals surface area contributed by atoms with Crippen molar-refractivity contribution < 1.29 is 9.18 Å². The van der Waals surface area contributed by atoms with Crippen molar-refractivity contribution in [3.8, 4) is 0 Å². The molecule has 0 spiro atoms. The summed E-state index contributed by atoms with van der Waals surface area (Å²) in [5.41, 5.74) is 0.611. The van der Waals surface area contributed by atoms with Crippen molar-refractivity contribution in [2.45, 2.75) is 13.0 Å². The van der Waals surface area contributed by atoms with E-state index in [0.29, 0.717) is 5.69 Å². The number of hydrogen-bond acceptors (Lipinski definition) is 4. The van der Waals surface area contributed by atoms with E-state index in [0.717, 1.165) is 32.0 Å². The summed E-state index contributed by atoms with van der Waals surface area (Å²) in [5, 5.41) is 2.84. The Morgan fingerprint density at radius 3 is 2.46 bits per heavy atom. The van der Waals surface area contributed by atoms with E-state index in [9.17, 15) is 9.18 Å². The molecule has 0 aliphatic carbocycles. The van der Waals surface area contributed by atoms with Gasteiger partial charge in [0.2, 0.25) is 5.91 Å². The number of rotatable bonds is 4. The first-order chi connectivity index (χ1) is 11.6. The van der Waals surface area contributed by atoms with Crippen molar-refractivity contribution >= 4 is 17.4 Å². The van der Waals surface area contributed by atoms with Gasteiger partial charge in [0.05, 0.1) is 6.04 Å². The number of amides is 1. The molecule has 1 aliphatic rings. The molecule has 2 heterocycles. The molecule has 1 unspecified atom stereocenters. The first-order valence-corrected chi connectivity index (χ1v) is 8.10. The van der Waals surface area contributed by atoms with Crippen LogP contribution < -0.4 is 10.2 Å². The standard InChI is InChI=1S/C18H21FN4O/c1-14(18(24)21-16-7-5-15(19)6-8-16)22-10-12-23(13-11-22)17-4-2-3-9-20-17/h2-9,14H,10-13H2,1H3,(H,21,24). The van der Waals surface area contributed by atoms with E-state index in [1.165, 1.54) is 12.1 Å². The first-order valence-electron chi connectivity index (χ1n) is 8.10. The summed E-state index contributed by atoms with van der Waals surface area (Å²) in [6.07, 6.45) is 1.79. The van der Waals surface area contributed by atoms with Gasteiger partial charge in [-0.3, -0.25) is 9.69 Å². The molecule has 5 nitrogen and oxygen atoms in total. The van der Waals surface area contributed by atoms with Crippen LogP contribution in [0, 0.1) is 5.82 Å². The predicted octanol–water partition coefficient (Wildman–Crippen LogP) is 2.37. The van der Waals surface area contributed by atoms with Gasteiger partial charge in [-0.15, -0.1) is 0 Å². The second-order valence-electron chi connectivity index (χ2n) is 5.88. The molecule has 1 N–H and O–H groups in total. The third-order valence-corrected chi connectivity index (χ3v) is 4.33. The fraction of sp³-hybridized carbons (Fsp3) is 0.333. The maximum atomic E-state index is 12.9. The van der Waals surface area contributed by atoms with E-state index in [1.807, 2.05) is 25.1 Å². The van der Waals surface area contributed by atoms with Gasteiger partial charge in [0.15, 0.2) is 0 Å². The van der Waals surface area contributed by atoms with Gasteiger partial charge in [-0.2, -0.15) is 0 Å². The zero-order chi connectivity index (χ0) is 16.9. The molecule has 1 fully saturated rings. The minimum atomic E-state index is -0.313. The summed E-state index contributed by atoms with van der Waals surface area (Å²) in [5.74, 6) is 0.583. The largest absolute Gasteiger partial charge is 0.354 e. The molecule has 0 bridgehead atoms. The summed E-state index contributed by atoms with van der Waals surface area (Å²) < 4.78 is 12.9. The second-order valence-corrected chi connectivity index (χ2v) is 5.88. The van der Waals surface area contributed by atoms with Gasteiger partial charge in [-0.25, -0.2) is 9.37 Å². The van der Waals surface area contributed by atoms with Crippen LogP contribution >= 0.6 is 0 Å². The van der Waals surface area contributed by atoms with Crippen molar-refractivity contribution in [2.75, 3.05) is 36.4 Å². The fourth-order valence-corrected chi connectivity index (χ4v) is 2.82. The van der Waals surface area contributed by atoms with E-state index in [-0.39, 0.29) is 17.8 Å². The second kappa shape index (κ2) is 7.40. The molecule has 1 aromatic heterocycles. The number of nitrogens with one attached hydrogen (secondary N) is 1. The molecule has 1 atom stereocenters. The summed E-state index contributed by atoms with van der Waals surface area (Å²) in [6.45, 7) is 5.18. The monoisotopic (exact) mass is 328 g/mol. The van der Waals surface area contributed by atoms with E-state index in [4.69, 9.17) is 0 Å². The van der Waals surface area contributed by atoms with Crippen LogP contribution in [0.15, 0.2) is 48.7 Å². The van der Waals surface area contributed by atoms with Crippen molar-refractivity contribution in [1.29, 1.82) is 0 Å². The van der Waals surface area contributed by atoms with Gasteiger partial charge in [0.1, 0.15) is 11.6 Å². The van der Waals surface area contributed by atoms with E-state index in [1.54, 1.807) is 18.3 Å². The molecule has 1 amide bonds. The molecule has 3 rings (SSSR count). The number of halogens is 1. The number of pyridine rings is 1. The molecule has 0 radical (unpaired) electrons. The number of carbonyl (C=O) groups is 1. The average molecular weight is 328 g/mol. The first kappa shape index (κ1) is 16.4. The van der Waals surface area contributed by atoms with Gasteiger partial charge in [-0.1, -0.05) is 6.07 Å². The van der Waals surface area contributed by atoms with Crippen molar-refractivity contribution in [3.63, 3.8) is 0 Å². The van der Waals surface area contributed by atoms with Gasteiger partial charge >= 0.3 is 0 Å².